The molecule has 1 N–H and O–H groups in total. The first-order valence-electron chi connectivity index (χ1n) is 4.49. The van der Waals surface area contributed by atoms with Crippen molar-refractivity contribution in [2.45, 2.75) is 13.3 Å². The number of sulfone groups is 1. The van der Waals surface area contributed by atoms with Gasteiger partial charge in [-0.15, -0.1) is 0 Å². The Morgan fingerprint density at radius 3 is 2.31 bits per heavy atom. The number of ether oxygens (including phenoxy) is 1. The van der Waals surface area contributed by atoms with Crippen LogP contribution in [0.1, 0.15) is 13.3 Å². The quantitative estimate of drug-likeness (QED) is 0.504. The smallest absolute Gasteiger partial charge is 0.333 e. The van der Waals surface area contributed by atoms with E-state index in [1.807, 2.05) is 0 Å². The highest BCUT2D eigenvalue weighted by molar-refractivity contribution is 7.91. The summed E-state index contributed by atoms with van der Waals surface area (Å²) in [4.78, 5) is 21.0. The topological polar surface area (TPSA) is 97.7 Å². The van der Waals surface area contributed by atoms with Crippen LogP contribution in [0, 0.1) is 0 Å². The standard InChI is InChI=1S/C9H14O6S/c1-7(2)9(12)15-4-6-16(13,14)5-3-8(10)11/h1,3-6H2,2H3,(H,10,11). The van der Waals surface area contributed by atoms with E-state index in [2.05, 4.69) is 11.3 Å². The number of aliphatic carboxylic acids is 1. The number of carbonyl (C=O) groups is 2. The molecule has 92 valence electrons. The third kappa shape index (κ3) is 6.99. The van der Waals surface area contributed by atoms with Crippen LogP contribution < -0.4 is 0 Å². The zero-order chi connectivity index (χ0) is 12.8. The predicted molar refractivity (Wildman–Crippen MR) is 56.7 cm³/mol. The number of carboxylic acids is 1. The van der Waals surface area contributed by atoms with Crippen LogP contribution in [0.5, 0.6) is 0 Å². The highest BCUT2D eigenvalue weighted by atomic mass is 32.2. The van der Waals surface area contributed by atoms with Crippen LogP contribution in [0.25, 0.3) is 0 Å². The van der Waals surface area contributed by atoms with Gasteiger partial charge in [0, 0.05) is 5.57 Å². The van der Waals surface area contributed by atoms with Gasteiger partial charge in [0.1, 0.15) is 6.61 Å². The highest BCUT2D eigenvalue weighted by Gasteiger charge is 2.14. The van der Waals surface area contributed by atoms with Crippen LogP contribution in [-0.4, -0.2) is 43.6 Å². The van der Waals surface area contributed by atoms with E-state index >= 15 is 0 Å². The molecule has 0 heterocycles. The van der Waals surface area contributed by atoms with Gasteiger partial charge in [0.2, 0.25) is 0 Å². The van der Waals surface area contributed by atoms with Crippen LogP contribution >= 0.6 is 0 Å². The minimum Gasteiger partial charge on any atom is -0.481 e. The fourth-order valence-electron chi connectivity index (χ4n) is 0.729. The molecule has 0 amide bonds. The molecule has 0 fully saturated rings. The van der Waals surface area contributed by atoms with Gasteiger partial charge in [-0.3, -0.25) is 4.79 Å². The van der Waals surface area contributed by atoms with Crippen molar-refractivity contribution in [1.82, 2.24) is 0 Å². The van der Waals surface area contributed by atoms with Crippen molar-refractivity contribution in [1.29, 1.82) is 0 Å². The summed E-state index contributed by atoms with van der Waals surface area (Å²) in [6, 6.07) is 0. The summed E-state index contributed by atoms with van der Waals surface area (Å²) in [7, 11) is -3.49. The Hall–Kier alpha value is -1.37. The van der Waals surface area contributed by atoms with Crippen LogP contribution in [-0.2, 0) is 24.2 Å². The van der Waals surface area contributed by atoms with E-state index < -0.39 is 33.9 Å². The lowest BCUT2D eigenvalue weighted by atomic mass is 10.4. The van der Waals surface area contributed by atoms with Gasteiger partial charge in [-0.05, 0) is 6.92 Å². The minimum absolute atomic E-state index is 0.183. The highest BCUT2D eigenvalue weighted by Crippen LogP contribution is 1.97. The molecule has 0 saturated heterocycles. The van der Waals surface area contributed by atoms with Crippen molar-refractivity contribution in [3.63, 3.8) is 0 Å². The van der Waals surface area contributed by atoms with E-state index in [-0.39, 0.29) is 17.9 Å². The minimum atomic E-state index is -3.49. The van der Waals surface area contributed by atoms with Gasteiger partial charge in [0.25, 0.3) is 0 Å². The lowest BCUT2D eigenvalue weighted by molar-refractivity contribution is -0.138. The molecule has 0 saturated carbocycles. The molecular weight excluding hydrogens is 236 g/mol. The lowest BCUT2D eigenvalue weighted by Gasteiger charge is -2.04. The largest absolute Gasteiger partial charge is 0.481 e. The van der Waals surface area contributed by atoms with Crippen LogP contribution in [0.4, 0.5) is 0 Å². The first-order valence-corrected chi connectivity index (χ1v) is 6.31. The molecule has 0 bridgehead atoms. The molecule has 0 aliphatic carbocycles. The van der Waals surface area contributed by atoms with Gasteiger partial charge in [-0.1, -0.05) is 6.58 Å². The van der Waals surface area contributed by atoms with Gasteiger partial charge in [-0.2, -0.15) is 0 Å². The monoisotopic (exact) mass is 250 g/mol. The summed E-state index contributed by atoms with van der Waals surface area (Å²) in [5.41, 5.74) is 0.183. The molecule has 0 rings (SSSR count). The zero-order valence-electron chi connectivity index (χ0n) is 8.93. The summed E-state index contributed by atoms with van der Waals surface area (Å²) >= 11 is 0. The van der Waals surface area contributed by atoms with E-state index in [9.17, 15) is 18.0 Å². The molecule has 0 unspecified atom stereocenters. The fraction of sp³-hybridized carbons (Fsp3) is 0.556. The summed E-state index contributed by atoms with van der Waals surface area (Å²) < 4.78 is 27.0. The third-order valence-corrected chi connectivity index (χ3v) is 3.22. The Balaban J connectivity index is 3.96. The normalized spacial score (nSPS) is 10.8. The Bertz CT molecular complexity index is 381. The van der Waals surface area contributed by atoms with Gasteiger partial charge >= 0.3 is 11.9 Å². The number of carbonyl (C=O) groups excluding carboxylic acids is 1. The Labute approximate surface area is 93.8 Å². The maximum atomic E-state index is 11.2. The van der Waals surface area contributed by atoms with E-state index in [1.165, 1.54) is 6.92 Å². The average molecular weight is 250 g/mol. The average Bonchev–Trinajstić information content (AvgIpc) is 2.14. The van der Waals surface area contributed by atoms with Crippen molar-refractivity contribution in [2.24, 2.45) is 0 Å². The number of rotatable bonds is 7. The third-order valence-electron chi connectivity index (χ3n) is 1.60. The molecule has 16 heavy (non-hydrogen) atoms. The second-order valence-electron chi connectivity index (χ2n) is 3.21. The fourth-order valence-corrected chi connectivity index (χ4v) is 1.76. The summed E-state index contributed by atoms with van der Waals surface area (Å²) in [5.74, 6) is -2.66. The molecule has 6 nitrogen and oxygen atoms in total. The maximum absolute atomic E-state index is 11.2. The number of esters is 1. The van der Waals surface area contributed by atoms with Crippen LogP contribution in [0.3, 0.4) is 0 Å². The molecular formula is C9H14O6S. The molecule has 0 aromatic heterocycles. The lowest BCUT2D eigenvalue weighted by Crippen LogP contribution is -2.19. The van der Waals surface area contributed by atoms with Crippen molar-refractivity contribution in [3.05, 3.63) is 12.2 Å². The molecule has 0 spiro atoms. The first-order chi connectivity index (χ1) is 7.24. The van der Waals surface area contributed by atoms with Gasteiger partial charge < -0.3 is 9.84 Å². The number of carboxylic acid groups (broad SMARTS) is 1. The summed E-state index contributed by atoms with van der Waals surface area (Å²) in [6.07, 6.45) is -0.448. The van der Waals surface area contributed by atoms with Gasteiger partial charge in [0.15, 0.2) is 9.84 Å². The Kier molecular flexibility index (Phi) is 5.73. The maximum Gasteiger partial charge on any atom is 0.333 e. The molecule has 0 aliphatic rings. The summed E-state index contributed by atoms with van der Waals surface area (Å²) in [6.45, 7) is 4.49. The number of hydrogen-bond donors (Lipinski definition) is 1. The molecule has 0 aromatic carbocycles. The summed E-state index contributed by atoms with van der Waals surface area (Å²) in [5, 5.41) is 8.30. The van der Waals surface area contributed by atoms with Crippen molar-refractivity contribution in [2.75, 3.05) is 18.1 Å². The van der Waals surface area contributed by atoms with E-state index in [0.717, 1.165) is 0 Å². The zero-order valence-corrected chi connectivity index (χ0v) is 9.75. The van der Waals surface area contributed by atoms with E-state index in [0.29, 0.717) is 0 Å². The van der Waals surface area contributed by atoms with Gasteiger partial charge in [0.05, 0.1) is 17.9 Å². The van der Waals surface area contributed by atoms with Crippen LogP contribution in [0.2, 0.25) is 0 Å². The predicted octanol–water partition coefficient (Wildman–Crippen LogP) is -0.00480. The van der Waals surface area contributed by atoms with Crippen molar-refractivity contribution >= 4 is 21.8 Å². The second kappa shape index (κ2) is 6.26. The molecule has 0 radical (unpaired) electrons. The molecule has 0 aromatic rings. The van der Waals surface area contributed by atoms with E-state index in [4.69, 9.17) is 5.11 Å². The molecule has 0 atom stereocenters. The number of hydrogen-bond acceptors (Lipinski definition) is 5. The molecule has 0 aliphatic heterocycles. The van der Waals surface area contributed by atoms with E-state index in [1.54, 1.807) is 0 Å². The van der Waals surface area contributed by atoms with Crippen molar-refractivity contribution in [3.8, 4) is 0 Å². The Morgan fingerprint density at radius 1 is 1.31 bits per heavy atom. The van der Waals surface area contributed by atoms with Crippen LogP contribution in [0.15, 0.2) is 12.2 Å². The first kappa shape index (κ1) is 14.6. The Morgan fingerprint density at radius 2 is 1.88 bits per heavy atom. The van der Waals surface area contributed by atoms with Gasteiger partial charge in [-0.25, -0.2) is 13.2 Å². The SMILES string of the molecule is C=C(C)C(=O)OCCS(=O)(=O)CCC(=O)O. The van der Waals surface area contributed by atoms with Crippen molar-refractivity contribution < 1.29 is 27.9 Å². The second-order valence-corrected chi connectivity index (χ2v) is 5.52. The molecule has 7 heteroatoms.